The van der Waals surface area contributed by atoms with Crippen molar-refractivity contribution in [2.45, 2.75) is 4.90 Å². The van der Waals surface area contributed by atoms with Gasteiger partial charge in [0.2, 0.25) is 5.78 Å². The molecule has 0 atom stereocenters. The number of allylic oxidation sites excluding steroid dienone is 1. The molecule has 2 aromatic rings. The van der Waals surface area contributed by atoms with Crippen molar-refractivity contribution in [3.8, 4) is 0 Å². The topological polar surface area (TPSA) is 46.2 Å². The van der Waals surface area contributed by atoms with Crippen molar-refractivity contribution >= 4 is 34.7 Å². The van der Waals surface area contributed by atoms with Crippen LogP contribution in [0.1, 0.15) is 15.9 Å². The van der Waals surface area contributed by atoms with E-state index in [-0.39, 0.29) is 11.7 Å². The Morgan fingerprint density at radius 1 is 0.850 bits per heavy atom. The number of benzene rings is 2. The number of amides is 1. The predicted molar refractivity (Wildman–Crippen MR) is 78.6 cm³/mol. The molecule has 0 aromatic heterocycles. The lowest BCUT2D eigenvalue weighted by Gasteiger charge is -2.00. The zero-order valence-corrected chi connectivity index (χ0v) is 11.2. The van der Waals surface area contributed by atoms with E-state index in [9.17, 15) is 9.59 Å². The number of carbonyl (C=O) groups is 2. The van der Waals surface area contributed by atoms with E-state index in [4.69, 9.17) is 0 Å². The van der Waals surface area contributed by atoms with Gasteiger partial charge in [-0.3, -0.25) is 9.59 Å². The Balaban J connectivity index is 1.94. The fourth-order valence-electron chi connectivity index (χ4n) is 2.53. The minimum absolute atomic E-state index is 0.0625. The molecule has 3 nitrogen and oxygen atoms in total. The molecule has 20 heavy (non-hydrogen) atoms. The molecule has 4 heteroatoms. The Morgan fingerprint density at radius 2 is 1.55 bits per heavy atom. The quantitative estimate of drug-likeness (QED) is 0.752. The monoisotopic (exact) mass is 279 g/mol. The van der Waals surface area contributed by atoms with Crippen LogP contribution in [0, 0.1) is 0 Å². The lowest BCUT2D eigenvalue weighted by atomic mass is 10.0. The number of Topliss-reactive ketones (excluding diaryl/α,β-unsaturated/α-hetero) is 1. The number of hydrogen-bond donors (Lipinski definition) is 1. The van der Waals surface area contributed by atoms with E-state index < -0.39 is 0 Å². The highest BCUT2D eigenvalue weighted by Gasteiger charge is 2.35. The van der Waals surface area contributed by atoms with Crippen molar-refractivity contribution in [3.05, 3.63) is 64.6 Å². The van der Waals surface area contributed by atoms with Crippen LogP contribution in [-0.4, -0.2) is 11.7 Å². The number of ketones is 1. The highest BCUT2D eigenvalue weighted by molar-refractivity contribution is 8.05. The summed E-state index contributed by atoms with van der Waals surface area (Å²) in [4.78, 5) is 26.1. The summed E-state index contributed by atoms with van der Waals surface area (Å²) < 4.78 is 0. The third-order valence-electron chi connectivity index (χ3n) is 3.45. The summed E-state index contributed by atoms with van der Waals surface area (Å²) in [5.41, 5.74) is 2.74. The van der Waals surface area contributed by atoms with E-state index in [0.29, 0.717) is 16.0 Å². The number of fused-ring (bicyclic) bond motifs is 2. The van der Waals surface area contributed by atoms with Crippen LogP contribution in [0.5, 0.6) is 0 Å². The van der Waals surface area contributed by atoms with Gasteiger partial charge < -0.3 is 5.32 Å². The third-order valence-corrected chi connectivity index (χ3v) is 4.62. The summed E-state index contributed by atoms with van der Waals surface area (Å²) in [5, 5.41) is 2.81. The van der Waals surface area contributed by atoms with Crippen molar-refractivity contribution in [1.82, 2.24) is 0 Å². The second-order valence-corrected chi connectivity index (χ2v) is 5.68. The zero-order valence-electron chi connectivity index (χ0n) is 10.3. The van der Waals surface area contributed by atoms with Gasteiger partial charge in [0.05, 0.1) is 10.5 Å². The third kappa shape index (κ3) is 1.48. The van der Waals surface area contributed by atoms with E-state index in [2.05, 4.69) is 5.32 Å². The van der Waals surface area contributed by atoms with Crippen molar-refractivity contribution in [2.24, 2.45) is 0 Å². The summed E-state index contributed by atoms with van der Waals surface area (Å²) in [6, 6.07) is 14.9. The molecule has 0 radical (unpaired) electrons. The summed E-state index contributed by atoms with van der Waals surface area (Å²) in [6.45, 7) is 0. The van der Waals surface area contributed by atoms with Gasteiger partial charge in [-0.05, 0) is 18.2 Å². The van der Waals surface area contributed by atoms with E-state index >= 15 is 0 Å². The Bertz CT molecular complexity index is 808. The Labute approximate surface area is 119 Å². The van der Waals surface area contributed by atoms with Crippen LogP contribution in [0.4, 0.5) is 5.69 Å². The van der Waals surface area contributed by atoms with Crippen LogP contribution < -0.4 is 5.32 Å². The molecule has 2 aromatic carbocycles. The maximum absolute atomic E-state index is 12.5. The van der Waals surface area contributed by atoms with Crippen molar-refractivity contribution in [2.75, 3.05) is 5.32 Å². The smallest absolute Gasteiger partial charge is 0.257 e. The molecule has 4 rings (SSSR count). The van der Waals surface area contributed by atoms with Gasteiger partial charge in [-0.15, -0.1) is 0 Å². The first-order valence-electron chi connectivity index (χ1n) is 6.22. The molecular formula is C16H9NO2S. The molecule has 1 N–H and O–H groups in total. The van der Waals surface area contributed by atoms with Crippen LogP contribution in [0.15, 0.2) is 58.3 Å². The zero-order chi connectivity index (χ0) is 13.7. The molecule has 1 amide bonds. The van der Waals surface area contributed by atoms with Crippen LogP contribution in [0.2, 0.25) is 0 Å². The largest absolute Gasteiger partial charge is 0.321 e. The van der Waals surface area contributed by atoms with Crippen LogP contribution in [0.25, 0.3) is 5.57 Å². The first kappa shape index (κ1) is 11.5. The van der Waals surface area contributed by atoms with Gasteiger partial charge in [0.15, 0.2) is 0 Å². The molecule has 2 heterocycles. The maximum Gasteiger partial charge on any atom is 0.257 e. The first-order chi connectivity index (χ1) is 9.75. The number of para-hydroxylation sites is 1. The molecule has 2 aliphatic rings. The summed E-state index contributed by atoms with van der Waals surface area (Å²) in [5.74, 6) is -0.262. The van der Waals surface area contributed by atoms with E-state index in [0.717, 1.165) is 16.1 Å². The molecular weight excluding hydrogens is 270 g/mol. The highest BCUT2D eigenvalue weighted by Crippen LogP contribution is 2.46. The van der Waals surface area contributed by atoms with Gasteiger partial charge in [-0.1, -0.05) is 42.1 Å². The predicted octanol–water partition coefficient (Wildman–Crippen LogP) is 3.34. The average Bonchev–Trinajstić information content (AvgIpc) is 2.96. The standard InChI is InChI=1S/C16H9NO2S/c18-14-10-6-2-4-8-12(10)20-15(14)13-9-5-1-3-7-11(9)17-16(13)19/h1-8H,(H,17,19). The average molecular weight is 279 g/mol. The van der Waals surface area contributed by atoms with Gasteiger partial charge in [0, 0.05) is 21.7 Å². The fourth-order valence-corrected chi connectivity index (χ4v) is 3.67. The van der Waals surface area contributed by atoms with Crippen molar-refractivity contribution in [1.29, 1.82) is 0 Å². The SMILES string of the molecule is O=C1Nc2ccccc2C1=C1Sc2ccccc2C1=O. The molecule has 96 valence electrons. The molecule has 0 fully saturated rings. The molecule has 0 aliphatic carbocycles. The van der Waals surface area contributed by atoms with Gasteiger partial charge in [-0.25, -0.2) is 0 Å². The normalized spacial score (nSPS) is 19.8. The second-order valence-electron chi connectivity index (χ2n) is 4.63. The van der Waals surface area contributed by atoms with Gasteiger partial charge in [-0.2, -0.15) is 0 Å². The number of anilines is 1. The van der Waals surface area contributed by atoms with E-state index in [1.54, 1.807) is 6.07 Å². The number of carbonyl (C=O) groups excluding carboxylic acids is 2. The molecule has 0 spiro atoms. The van der Waals surface area contributed by atoms with Crippen molar-refractivity contribution < 1.29 is 9.59 Å². The lowest BCUT2D eigenvalue weighted by Crippen LogP contribution is -2.07. The highest BCUT2D eigenvalue weighted by atomic mass is 32.2. The summed E-state index contributed by atoms with van der Waals surface area (Å²) in [6.07, 6.45) is 0. The number of thioether (sulfide) groups is 1. The Morgan fingerprint density at radius 3 is 2.35 bits per heavy atom. The Kier molecular flexibility index (Phi) is 2.35. The minimum Gasteiger partial charge on any atom is -0.321 e. The van der Waals surface area contributed by atoms with E-state index in [1.807, 2.05) is 42.5 Å². The van der Waals surface area contributed by atoms with Gasteiger partial charge in [0.25, 0.3) is 5.91 Å². The van der Waals surface area contributed by atoms with Crippen LogP contribution in [-0.2, 0) is 4.79 Å². The second kappa shape index (κ2) is 4.08. The lowest BCUT2D eigenvalue weighted by molar-refractivity contribution is -0.110. The minimum atomic E-state index is -0.199. The first-order valence-corrected chi connectivity index (χ1v) is 7.04. The van der Waals surface area contributed by atoms with Gasteiger partial charge in [0.1, 0.15) is 0 Å². The number of nitrogens with one attached hydrogen (secondary N) is 1. The molecule has 0 saturated heterocycles. The molecule has 0 bridgehead atoms. The molecule has 2 aliphatic heterocycles. The molecule has 0 unspecified atom stereocenters. The van der Waals surface area contributed by atoms with Crippen LogP contribution >= 0.6 is 11.8 Å². The molecule has 0 saturated carbocycles. The van der Waals surface area contributed by atoms with Crippen LogP contribution in [0.3, 0.4) is 0 Å². The van der Waals surface area contributed by atoms with Crippen molar-refractivity contribution in [3.63, 3.8) is 0 Å². The number of hydrogen-bond acceptors (Lipinski definition) is 3. The summed E-state index contributed by atoms with van der Waals surface area (Å²) >= 11 is 1.38. The number of rotatable bonds is 0. The van der Waals surface area contributed by atoms with Gasteiger partial charge >= 0.3 is 0 Å². The summed E-state index contributed by atoms with van der Waals surface area (Å²) in [7, 11) is 0. The maximum atomic E-state index is 12.5. The van der Waals surface area contributed by atoms with E-state index in [1.165, 1.54) is 11.8 Å². The Hall–Kier alpha value is -2.33. The fraction of sp³-hybridized carbons (Fsp3) is 0.